The summed E-state index contributed by atoms with van der Waals surface area (Å²) in [6.07, 6.45) is 2.97. The summed E-state index contributed by atoms with van der Waals surface area (Å²) in [7, 11) is 1.72. The molecule has 2 aliphatic rings. The average molecular weight is 451 g/mol. The molecule has 1 aliphatic heterocycles. The molecule has 3 aromatic rings. The highest BCUT2D eigenvalue weighted by atomic mass is 19.1. The van der Waals surface area contributed by atoms with Crippen molar-refractivity contribution in [2.75, 3.05) is 38.3 Å². The van der Waals surface area contributed by atoms with Crippen molar-refractivity contribution in [3.8, 4) is 5.75 Å². The number of hydrogen-bond donors (Lipinski definition) is 2. The molecule has 1 aromatic heterocycles. The lowest BCUT2D eigenvalue weighted by atomic mass is 9.88. The zero-order chi connectivity index (χ0) is 22.8. The van der Waals surface area contributed by atoms with E-state index in [4.69, 9.17) is 14.8 Å². The Morgan fingerprint density at radius 1 is 1.15 bits per heavy atom. The predicted octanol–water partition coefficient (Wildman–Crippen LogP) is 4.06. The lowest BCUT2D eigenvalue weighted by Crippen LogP contribution is -2.34. The molecule has 2 heterocycles. The van der Waals surface area contributed by atoms with Crippen molar-refractivity contribution in [3.05, 3.63) is 59.4 Å². The molecule has 2 aromatic carbocycles. The Morgan fingerprint density at radius 2 is 1.94 bits per heavy atom. The van der Waals surface area contributed by atoms with Crippen LogP contribution in [0.5, 0.6) is 5.75 Å². The van der Waals surface area contributed by atoms with E-state index in [1.807, 2.05) is 24.3 Å². The van der Waals surface area contributed by atoms with Crippen LogP contribution in [-0.4, -0.2) is 48.4 Å². The number of alkyl halides is 1. The molecular formula is C26H31FN4O2. The highest BCUT2D eigenvalue weighted by Crippen LogP contribution is 2.49. The van der Waals surface area contributed by atoms with E-state index in [2.05, 4.69) is 33.4 Å². The molecule has 1 aliphatic carbocycles. The summed E-state index contributed by atoms with van der Waals surface area (Å²) in [6, 6.07) is 14.3. The van der Waals surface area contributed by atoms with Crippen LogP contribution < -0.4 is 15.0 Å². The highest BCUT2D eigenvalue weighted by Gasteiger charge is 2.48. The standard InChI is InChI=1S/C26H31FN4O2/c1-33-23-5-3-2-4-20(23)19-8-13-31(14-9-19)24-21-16-18(17-28-12-15-32)6-7-22(21)29-25(30-24)26(27)10-11-26/h2-7,16,19,28,32H,8-15,17H2,1H3. The first-order valence-corrected chi connectivity index (χ1v) is 11.8. The van der Waals surface area contributed by atoms with Gasteiger partial charge in [0.25, 0.3) is 0 Å². The molecule has 33 heavy (non-hydrogen) atoms. The summed E-state index contributed by atoms with van der Waals surface area (Å²) in [5.41, 5.74) is 1.77. The van der Waals surface area contributed by atoms with E-state index in [1.165, 1.54) is 5.56 Å². The van der Waals surface area contributed by atoms with Gasteiger partial charge in [-0.2, -0.15) is 0 Å². The van der Waals surface area contributed by atoms with Gasteiger partial charge in [-0.15, -0.1) is 0 Å². The quantitative estimate of drug-likeness (QED) is 0.505. The molecule has 6 nitrogen and oxygen atoms in total. The Hall–Kier alpha value is -2.77. The van der Waals surface area contributed by atoms with Gasteiger partial charge in [0.15, 0.2) is 11.5 Å². The lowest BCUT2D eigenvalue weighted by Gasteiger charge is -2.34. The van der Waals surface area contributed by atoms with Gasteiger partial charge in [-0.3, -0.25) is 0 Å². The number of anilines is 1. The van der Waals surface area contributed by atoms with E-state index in [-0.39, 0.29) is 6.61 Å². The average Bonchev–Trinajstić information content (AvgIpc) is 3.62. The Bertz CT molecular complexity index is 1130. The molecule has 0 spiro atoms. The van der Waals surface area contributed by atoms with Gasteiger partial charge in [0, 0.05) is 31.6 Å². The Morgan fingerprint density at radius 3 is 2.67 bits per heavy atom. The number of aromatic nitrogens is 2. The smallest absolute Gasteiger partial charge is 0.170 e. The minimum absolute atomic E-state index is 0.102. The van der Waals surface area contributed by atoms with Crippen LogP contribution in [0.4, 0.5) is 10.2 Å². The third kappa shape index (κ3) is 4.52. The number of fused-ring (bicyclic) bond motifs is 1. The van der Waals surface area contributed by atoms with Gasteiger partial charge in [0.1, 0.15) is 11.6 Å². The Balaban J connectivity index is 1.44. The van der Waals surface area contributed by atoms with Crippen LogP contribution in [0.25, 0.3) is 10.9 Å². The Kier molecular flexibility index (Phi) is 6.17. The number of aliphatic hydroxyl groups excluding tert-OH is 1. The summed E-state index contributed by atoms with van der Waals surface area (Å²) in [6.45, 7) is 2.99. The van der Waals surface area contributed by atoms with Crippen molar-refractivity contribution in [2.24, 2.45) is 0 Å². The van der Waals surface area contributed by atoms with Crippen molar-refractivity contribution >= 4 is 16.7 Å². The predicted molar refractivity (Wildman–Crippen MR) is 128 cm³/mol. The minimum Gasteiger partial charge on any atom is -0.496 e. The molecule has 2 N–H and O–H groups in total. The number of nitrogens with one attached hydrogen (secondary N) is 1. The van der Waals surface area contributed by atoms with Gasteiger partial charge < -0.3 is 20.1 Å². The van der Waals surface area contributed by atoms with Gasteiger partial charge in [-0.25, -0.2) is 14.4 Å². The minimum atomic E-state index is -1.37. The zero-order valence-corrected chi connectivity index (χ0v) is 19.1. The van der Waals surface area contributed by atoms with Crippen LogP contribution in [0, 0.1) is 0 Å². The van der Waals surface area contributed by atoms with Crippen molar-refractivity contribution in [2.45, 2.75) is 43.8 Å². The molecule has 1 saturated carbocycles. The molecule has 0 radical (unpaired) electrons. The van der Waals surface area contributed by atoms with Crippen molar-refractivity contribution < 1.29 is 14.2 Å². The first-order valence-electron chi connectivity index (χ1n) is 11.8. The lowest BCUT2D eigenvalue weighted by molar-refractivity contribution is 0.292. The second-order valence-corrected chi connectivity index (χ2v) is 9.09. The number of para-hydroxylation sites is 1. The largest absolute Gasteiger partial charge is 0.496 e. The molecule has 7 heteroatoms. The number of ether oxygens (including phenoxy) is 1. The molecule has 2 fully saturated rings. The number of halogens is 1. The van der Waals surface area contributed by atoms with Crippen LogP contribution in [0.3, 0.4) is 0 Å². The van der Waals surface area contributed by atoms with Crippen LogP contribution >= 0.6 is 0 Å². The highest BCUT2D eigenvalue weighted by molar-refractivity contribution is 5.90. The van der Waals surface area contributed by atoms with E-state index in [9.17, 15) is 4.39 Å². The Labute approximate surface area is 193 Å². The number of rotatable bonds is 8. The monoisotopic (exact) mass is 450 g/mol. The maximum atomic E-state index is 15.0. The molecule has 0 bridgehead atoms. The number of nitrogens with zero attached hydrogens (tertiary/aromatic N) is 3. The van der Waals surface area contributed by atoms with Gasteiger partial charge in [0.2, 0.25) is 0 Å². The summed E-state index contributed by atoms with van der Waals surface area (Å²) in [5, 5.41) is 13.2. The summed E-state index contributed by atoms with van der Waals surface area (Å²) < 4.78 is 20.6. The van der Waals surface area contributed by atoms with E-state index < -0.39 is 5.67 Å². The normalized spacial score (nSPS) is 18.0. The van der Waals surface area contributed by atoms with Crippen molar-refractivity contribution in [3.63, 3.8) is 0 Å². The third-order valence-corrected chi connectivity index (χ3v) is 6.82. The summed E-state index contributed by atoms with van der Waals surface area (Å²) in [4.78, 5) is 11.7. The second-order valence-electron chi connectivity index (χ2n) is 9.09. The van der Waals surface area contributed by atoms with Crippen molar-refractivity contribution in [1.82, 2.24) is 15.3 Å². The zero-order valence-electron chi connectivity index (χ0n) is 19.1. The van der Waals surface area contributed by atoms with Crippen LogP contribution in [0.2, 0.25) is 0 Å². The SMILES string of the molecule is COc1ccccc1C1CCN(c2nc(C3(F)CC3)nc3ccc(CNCCO)cc23)CC1. The number of methoxy groups -OCH3 is 1. The fourth-order valence-corrected chi connectivity index (χ4v) is 4.76. The van der Waals surface area contributed by atoms with E-state index in [1.54, 1.807) is 7.11 Å². The van der Waals surface area contributed by atoms with Crippen LogP contribution in [0.15, 0.2) is 42.5 Å². The maximum absolute atomic E-state index is 15.0. The molecule has 0 atom stereocenters. The number of hydrogen-bond acceptors (Lipinski definition) is 6. The van der Waals surface area contributed by atoms with Gasteiger partial charge in [-0.1, -0.05) is 24.3 Å². The second kappa shape index (κ2) is 9.23. The molecule has 0 amide bonds. The van der Waals surface area contributed by atoms with Gasteiger partial charge in [-0.05, 0) is 60.9 Å². The summed E-state index contributed by atoms with van der Waals surface area (Å²) >= 11 is 0. The molecule has 5 rings (SSSR count). The number of aliphatic hydroxyl groups is 1. The molecule has 1 saturated heterocycles. The van der Waals surface area contributed by atoms with Gasteiger partial charge >= 0.3 is 0 Å². The fourth-order valence-electron chi connectivity index (χ4n) is 4.76. The molecule has 174 valence electrons. The van der Waals surface area contributed by atoms with Crippen LogP contribution in [-0.2, 0) is 12.2 Å². The first kappa shape index (κ1) is 22.0. The van der Waals surface area contributed by atoms with Crippen LogP contribution in [0.1, 0.15) is 48.6 Å². The van der Waals surface area contributed by atoms with E-state index in [0.717, 1.165) is 54.0 Å². The maximum Gasteiger partial charge on any atom is 0.170 e. The van der Waals surface area contributed by atoms with E-state index >= 15 is 0 Å². The van der Waals surface area contributed by atoms with E-state index in [0.29, 0.717) is 37.7 Å². The number of benzene rings is 2. The molecular weight excluding hydrogens is 419 g/mol. The summed E-state index contributed by atoms with van der Waals surface area (Å²) in [5.74, 6) is 2.53. The third-order valence-electron chi connectivity index (χ3n) is 6.82. The topological polar surface area (TPSA) is 70.5 Å². The number of piperidine rings is 1. The van der Waals surface area contributed by atoms with Gasteiger partial charge in [0.05, 0.1) is 19.2 Å². The fraction of sp³-hybridized carbons (Fsp3) is 0.462. The van der Waals surface area contributed by atoms with Crippen molar-refractivity contribution in [1.29, 1.82) is 0 Å². The molecule has 0 unspecified atom stereocenters. The first-order chi connectivity index (χ1) is 16.1.